The van der Waals surface area contributed by atoms with Gasteiger partial charge < -0.3 is 9.80 Å². The number of pyridine rings is 1. The van der Waals surface area contributed by atoms with Gasteiger partial charge in [-0.3, -0.25) is 9.69 Å². The Bertz CT molecular complexity index is 568. The zero-order valence-corrected chi connectivity index (χ0v) is 15.2. The molecule has 0 spiro atoms. The molecular formula is C19H30N4O. The fourth-order valence-electron chi connectivity index (χ4n) is 3.95. The molecule has 1 aromatic heterocycles. The van der Waals surface area contributed by atoms with Crippen molar-refractivity contribution >= 4 is 11.7 Å². The number of amides is 1. The van der Waals surface area contributed by atoms with Gasteiger partial charge >= 0.3 is 0 Å². The van der Waals surface area contributed by atoms with E-state index in [2.05, 4.69) is 35.6 Å². The van der Waals surface area contributed by atoms with Gasteiger partial charge in [0.1, 0.15) is 5.82 Å². The highest BCUT2D eigenvalue weighted by atomic mass is 16.2. The zero-order chi connectivity index (χ0) is 17.1. The first kappa shape index (κ1) is 17.2. The van der Waals surface area contributed by atoms with Crippen LogP contribution in [0.15, 0.2) is 18.3 Å². The molecule has 132 valence electrons. The third-order valence-corrected chi connectivity index (χ3v) is 5.37. The topological polar surface area (TPSA) is 39.7 Å². The Kier molecular flexibility index (Phi) is 5.39. The number of piperazine rings is 1. The smallest absolute Gasteiger partial charge is 0.254 e. The van der Waals surface area contributed by atoms with Crippen LogP contribution in [0.25, 0.3) is 0 Å². The van der Waals surface area contributed by atoms with Gasteiger partial charge in [0.2, 0.25) is 0 Å². The van der Waals surface area contributed by atoms with Gasteiger partial charge in [-0.05, 0) is 45.2 Å². The van der Waals surface area contributed by atoms with E-state index in [0.717, 1.165) is 63.4 Å². The van der Waals surface area contributed by atoms with Gasteiger partial charge in [-0.15, -0.1) is 0 Å². The van der Waals surface area contributed by atoms with Gasteiger partial charge in [-0.2, -0.15) is 0 Å². The van der Waals surface area contributed by atoms with E-state index in [0.29, 0.717) is 12.1 Å². The summed E-state index contributed by atoms with van der Waals surface area (Å²) in [7, 11) is 0. The van der Waals surface area contributed by atoms with E-state index in [4.69, 9.17) is 0 Å². The summed E-state index contributed by atoms with van der Waals surface area (Å²) in [4.78, 5) is 24.0. The lowest BCUT2D eigenvalue weighted by atomic mass is 10.1. The number of carbonyl (C=O) groups is 1. The minimum Gasteiger partial charge on any atom is -0.354 e. The summed E-state index contributed by atoms with van der Waals surface area (Å²) in [5, 5.41) is 0. The Morgan fingerprint density at radius 2 is 2.00 bits per heavy atom. The third kappa shape index (κ3) is 3.56. The second kappa shape index (κ2) is 7.51. The summed E-state index contributed by atoms with van der Waals surface area (Å²) in [6.45, 7) is 11.6. The molecule has 5 nitrogen and oxygen atoms in total. The molecule has 3 heterocycles. The van der Waals surface area contributed by atoms with E-state index in [1.807, 2.05) is 17.0 Å². The highest BCUT2D eigenvalue weighted by Crippen LogP contribution is 2.22. The molecule has 1 amide bonds. The van der Waals surface area contributed by atoms with Crippen molar-refractivity contribution in [3.05, 3.63) is 23.9 Å². The Morgan fingerprint density at radius 1 is 1.25 bits per heavy atom. The SMILES string of the molecule is CC[C@@H]1CN(c2cc(C(=O)N3CCCC3)ccn2)CCN1C(C)C. The number of aromatic nitrogens is 1. The Balaban J connectivity index is 1.73. The van der Waals surface area contributed by atoms with E-state index in [9.17, 15) is 4.79 Å². The molecule has 2 aliphatic rings. The van der Waals surface area contributed by atoms with Gasteiger partial charge in [0.05, 0.1) is 0 Å². The summed E-state index contributed by atoms with van der Waals surface area (Å²) in [5.41, 5.74) is 0.779. The van der Waals surface area contributed by atoms with Crippen LogP contribution in [0.4, 0.5) is 5.82 Å². The van der Waals surface area contributed by atoms with Gasteiger partial charge in [-0.25, -0.2) is 4.98 Å². The lowest BCUT2D eigenvalue weighted by molar-refractivity contribution is 0.0792. The molecule has 2 fully saturated rings. The van der Waals surface area contributed by atoms with Crippen molar-refractivity contribution in [1.82, 2.24) is 14.8 Å². The summed E-state index contributed by atoms with van der Waals surface area (Å²) >= 11 is 0. The highest BCUT2D eigenvalue weighted by Gasteiger charge is 2.28. The Morgan fingerprint density at radius 3 is 2.67 bits per heavy atom. The average Bonchev–Trinajstić information content (AvgIpc) is 3.15. The van der Waals surface area contributed by atoms with Crippen molar-refractivity contribution in [1.29, 1.82) is 0 Å². The number of anilines is 1. The molecule has 1 aromatic rings. The summed E-state index contributed by atoms with van der Waals surface area (Å²) < 4.78 is 0. The second-order valence-electron chi connectivity index (χ2n) is 7.24. The monoisotopic (exact) mass is 330 g/mol. The maximum absolute atomic E-state index is 12.6. The van der Waals surface area contributed by atoms with Crippen LogP contribution in [0.3, 0.4) is 0 Å². The van der Waals surface area contributed by atoms with E-state index in [1.165, 1.54) is 0 Å². The third-order valence-electron chi connectivity index (χ3n) is 5.37. The molecule has 0 aromatic carbocycles. The number of nitrogens with zero attached hydrogens (tertiary/aromatic N) is 4. The number of carbonyl (C=O) groups excluding carboxylic acids is 1. The minimum absolute atomic E-state index is 0.156. The zero-order valence-electron chi connectivity index (χ0n) is 15.2. The first-order valence-corrected chi connectivity index (χ1v) is 9.36. The molecular weight excluding hydrogens is 300 g/mol. The van der Waals surface area contributed by atoms with E-state index in [-0.39, 0.29) is 5.91 Å². The van der Waals surface area contributed by atoms with Crippen LogP contribution in [-0.2, 0) is 0 Å². The first-order valence-electron chi connectivity index (χ1n) is 9.36. The predicted molar refractivity (Wildman–Crippen MR) is 97.5 cm³/mol. The minimum atomic E-state index is 0.156. The van der Waals surface area contributed by atoms with Crippen LogP contribution in [0.2, 0.25) is 0 Å². The number of rotatable bonds is 4. The lowest BCUT2D eigenvalue weighted by Crippen LogP contribution is -2.55. The van der Waals surface area contributed by atoms with E-state index in [1.54, 1.807) is 6.20 Å². The molecule has 0 bridgehead atoms. The van der Waals surface area contributed by atoms with Crippen LogP contribution in [0.1, 0.15) is 50.4 Å². The van der Waals surface area contributed by atoms with Crippen molar-refractivity contribution in [2.75, 3.05) is 37.6 Å². The van der Waals surface area contributed by atoms with Crippen molar-refractivity contribution in [2.45, 2.75) is 52.1 Å². The molecule has 0 unspecified atom stereocenters. The molecule has 2 saturated heterocycles. The number of hydrogen-bond donors (Lipinski definition) is 0. The molecule has 0 N–H and O–H groups in total. The Hall–Kier alpha value is -1.62. The molecule has 5 heteroatoms. The summed E-state index contributed by atoms with van der Waals surface area (Å²) in [6.07, 6.45) is 5.17. The van der Waals surface area contributed by atoms with Crippen molar-refractivity contribution in [2.24, 2.45) is 0 Å². The fourth-order valence-corrected chi connectivity index (χ4v) is 3.95. The van der Waals surface area contributed by atoms with Crippen molar-refractivity contribution < 1.29 is 4.79 Å². The molecule has 24 heavy (non-hydrogen) atoms. The van der Waals surface area contributed by atoms with Crippen LogP contribution in [0.5, 0.6) is 0 Å². The van der Waals surface area contributed by atoms with Gasteiger partial charge in [0.15, 0.2) is 0 Å². The van der Waals surface area contributed by atoms with Crippen LogP contribution < -0.4 is 4.90 Å². The average molecular weight is 330 g/mol. The molecule has 2 aliphatic heterocycles. The number of hydrogen-bond acceptors (Lipinski definition) is 4. The Labute approximate surface area is 145 Å². The maximum Gasteiger partial charge on any atom is 0.254 e. The van der Waals surface area contributed by atoms with Crippen LogP contribution in [-0.4, -0.2) is 65.5 Å². The molecule has 3 rings (SSSR count). The van der Waals surface area contributed by atoms with E-state index >= 15 is 0 Å². The molecule has 0 radical (unpaired) electrons. The van der Waals surface area contributed by atoms with Crippen molar-refractivity contribution in [3.63, 3.8) is 0 Å². The normalized spacial score (nSPS) is 22.4. The largest absolute Gasteiger partial charge is 0.354 e. The van der Waals surface area contributed by atoms with Crippen molar-refractivity contribution in [3.8, 4) is 0 Å². The van der Waals surface area contributed by atoms with E-state index < -0.39 is 0 Å². The second-order valence-corrected chi connectivity index (χ2v) is 7.24. The summed E-state index contributed by atoms with van der Waals surface area (Å²) in [5.74, 6) is 1.10. The summed E-state index contributed by atoms with van der Waals surface area (Å²) in [6, 6.07) is 4.97. The first-order chi connectivity index (χ1) is 11.6. The van der Waals surface area contributed by atoms with Gasteiger partial charge in [0.25, 0.3) is 5.91 Å². The highest BCUT2D eigenvalue weighted by molar-refractivity contribution is 5.95. The quantitative estimate of drug-likeness (QED) is 0.851. The predicted octanol–water partition coefficient (Wildman–Crippen LogP) is 2.63. The standard InChI is InChI=1S/C19H30N4O/c1-4-17-14-22(11-12-23(17)15(2)3)18-13-16(7-8-20-18)19(24)21-9-5-6-10-21/h7-8,13,15,17H,4-6,9-12,14H2,1-3H3/t17-/m1/s1. The fraction of sp³-hybridized carbons (Fsp3) is 0.684. The van der Waals surface area contributed by atoms with Gasteiger partial charge in [-0.1, -0.05) is 6.92 Å². The van der Waals surface area contributed by atoms with Crippen LogP contribution in [0, 0.1) is 0 Å². The molecule has 0 saturated carbocycles. The maximum atomic E-state index is 12.6. The van der Waals surface area contributed by atoms with Gasteiger partial charge in [0, 0.05) is 56.6 Å². The lowest BCUT2D eigenvalue weighted by Gasteiger charge is -2.43. The van der Waals surface area contributed by atoms with Crippen LogP contribution >= 0.6 is 0 Å². The molecule has 0 aliphatic carbocycles. The molecule has 1 atom stereocenters. The number of likely N-dealkylation sites (tertiary alicyclic amines) is 1.